The van der Waals surface area contributed by atoms with Crippen molar-refractivity contribution in [1.29, 1.82) is 0 Å². The summed E-state index contributed by atoms with van der Waals surface area (Å²) in [5.74, 6) is -0.730. The van der Waals surface area contributed by atoms with E-state index in [4.69, 9.17) is 10.5 Å². The summed E-state index contributed by atoms with van der Waals surface area (Å²) in [4.78, 5) is 32.3. The molecule has 0 unspecified atom stereocenters. The van der Waals surface area contributed by atoms with Crippen LogP contribution >= 0.6 is 0 Å². The average Bonchev–Trinajstić information content (AvgIpc) is 2.90. The molecule has 3 heterocycles. The van der Waals surface area contributed by atoms with Crippen LogP contribution < -0.4 is 5.73 Å². The standard InChI is InChI=1S/C16H18N4O3/c1-2-13(21)20-5-6-23-9-10(8-20)12-7-19-15(16(17)22)14-11(12)3-4-18-14/h2-4,7,10,18H,1,5-6,8-9H2,(H2,17,22)/t10-/m1/s1. The molecule has 2 aromatic heterocycles. The molecule has 0 bridgehead atoms. The van der Waals surface area contributed by atoms with Crippen LogP contribution in [0.25, 0.3) is 10.9 Å². The van der Waals surface area contributed by atoms with Crippen molar-refractivity contribution in [2.75, 3.05) is 26.3 Å². The Bertz CT molecular complexity index is 768. The second-order valence-corrected chi connectivity index (χ2v) is 5.45. The number of ether oxygens (including phenoxy) is 1. The maximum atomic E-state index is 11.9. The van der Waals surface area contributed by atoms with Gasteiger partial charge in [-0.25, -0.2) is 4.98 Å². The maximum absolute atomic E-state index is 11.9. The molecule has 0 spiro atoms. The van der Waals surface area contributed by atoms with E-state index < -0.39 is 5.91 Å². The first-order valence-corrected chi connectivity index (χ1v) is 7.36. The molecule has 23 heavy (non-hydrogen) atoms. The normalized spacial score (nSPS) is 18.6. The highest BCUT2D eigenvalue weighted by atomic mass is 16.5. The summed E-state index contributed by atoms with van der Waals surface area (Å²) in [5, 5.41) is 0.871. The number of nitrogens with zero attached hydrogens (tertiary/aromatic N) is 2. The SMILES string of the molecule is C=CC(=O)N1CCOC[C@H](c2cnc(C(N)=O)c3[nH]ccc23)C1. The zero-order chi connectivity index (χ0) is 16.4. The third-order valence-electron chi connectivity index (χ3n) is 4.05. The molecular formula is C16H18N4O3. The summed E-state index contributed by atoms with van der Waals surface area (Å²) in [5.41, 5.74) is 7.11. The third kappa shape index (κ3) is 2.83. The molecule has 1 atom stereocenters. The van der Waals surface area contributed by atoms with Crippen molar-refractivity contribution in [2.24, 2.45) is 5.73 Å². The number of carbonyl (C=O) groups excluding carboxylic acids is 2. The molecule has 1 aliphatic heterocycles. The number of carbonyl (C=O) groups is 2. The summed E-state index contributed by atoms with van der Waals surface area (Å²) in [7, 11) is 0. The highest BCUT2D eigenvalue weighted by molar-refractivity contribution is 6.03. The van der Waals surface area contributed by atoms with Crippen molar-refractivity contribution in [2.45, 2.75) is 5.92 Å². The van der Waals surface area contributed by atoms with Crippen molar-refractivity contribution in [3.8, 4) is 0 Å². The highest BCUT2D eigenvalue weighted by Gasteiger charge is 2.25. The number of aromatic amines is 1. The Labute approximate surface area is 133 Å². The Morgan fingerprint density at radius 1 is 1.52 bits per heavy atom. The van der Waals surface area contributed by atoms with Gasteiger partial charge in [0.2, 0.25) is 5.91 Å². The van der Waals surface area contributed by atoms with Crippen molar-refractivity contribution < 1.29 is 14.3 Å². The van der Waals surface area contributed by atoms with Crippen LogP contribution in [0.15, 0.2) is 31.1 Å². The molecule has 0 aromatic carbocycles. The lowest BCUT2D eigenvalue weighted by Gasteiger charge is -2.23. The molecule has 0 aliphatic carbocycles. The Morgan fingerprint density at radius 2 is 2.35 bits per heavy atom. The molecule has 1 saturated heterocycles. The third-order valence-corrected chi connectivity index (χ3v) is 4.05. The quantitative estimate of drug-likeness (QED) is 0.818. The first-order chi connectivity index (χ1) is 11.1. The summed E-state index contributed by atoms with van der Waals surface area (Å²) >= 11 is 0. The minimum absolute atomic E-state index is 0.0332. The largest absolute Gasteiger partial charge is 0.379 e. The lowest BCUT2D eigenvalue weighted by Crippen LogP contribution is -2.34. The fraction of sp³-hybridized carbons (Fsp3) is 0.312. The summed E-state index contributed by atoms with van der Waals surface area (Å²) in [6, 6.07) is 1.88. The van der Waals surface area contributed by atoms with Crippen molar-refractivity contribution >= 4 is 22.7 Å². The Hall–Kier alpha value is -2.67. The van der Waals surface area contributed by atoms with Gasteiger partial charge in [0, 0.05) is 36.8 Å². The van der Waals surface area contributed by atoms with Crippen LogP contribution in [0.2, 0.25) is 0 Å². The van der Waals surface area contributed by atoms with Gasteiger partial charge in [-0.05, 0) is 17.7 Å². The van der Waals surface area contributed by atoms with Crippen molar-refractivity contribution in [1.82, 2.24) is 14.9 Å². The van der Waals surface area contributed by atoms with Gasteiger partial charge < -0.3 is 20.4 Å². The van der Waals surface area contributed by atoms with E-state index in [0.717, 1.165) is 10.9 Å². The van der Waals surface area contributed by atoms with E-state index in [1.165, 1.54) is 6.08 Å². The minimum Gasteiger partial charge on any atom is -0.379 e. The smallest absolute Gasteiger partial charge is 0.269 e. The van der Waals surface area contributed by atoms with Gasteiger partial charge in [0.15, 0.2) is 5.69 Å². The number of aromatic nitrogens is 2. The maximum Gasteiger partial charge on any atom is 0.269 e. The lowest BCUT2D eigenvalue weighted by molar-refractivity contribution is -0.126. The molecule has 3 N–H and O–H groups in total. The number of nitrogens with two attached hydrogens (primary N) is 1. The number of primary amides is 1. The lowest BCUT2D eigenvalue weighted by atomic mass is 9.97. The highest BCUT2D eigenvalue weighted by Crippen LogP contribution is 2.28. The van der Waals surface area contributed by atoms with Crippen molar-refractivity contribution in [3.05, 3.63) is 42.4 Å². The Morgan fingerprint density at radius 3 is 3.09 bits per heavy atom. The van der Waals surface area contributed by atoms with Gasteiger partial charge in [0.1, 0.15) is 0 Å². The minimum atomic E-state index is -0.579. The van der Waals surface area contributed by atoms with Gasteiger partial charge in [-0.1, -0.05) is 6.58 Å². The van der Waals surface area contributed by atoms with Gasteiger partial charge in [0.05, 0.1) is 18.7 Å². The first-order valence-electron chi connectivity index (χ1n) is 7.36. The predicted molar refractivity (Wildman–Crippen MR) is 84.9 cm³/mol. The molecule has 2 aromatic rings. The van der Waals surface area contributed by atoms with Crippen LogP contribution in [0.3, 0.4) is 0 Å². The second kappa shape index (κ2) is 6.21. The van der Waals surface area contributed by atoms with Gasteiger partial charge >= 0.3 is 0 Å². The van der Waals surface area contributed by atoms with Crippen LogP contribution in [0.4, 0.5) is 0 Å². The zero-order valence-electron chi connectivity index (χ0n) is 12.6. The molecule has 2 amide bonds. The number of hydrogen-bond donors (Lipinski definition) is 2. The van der Waals surface area contributed by atoms with E-state index in [0.29, 0.717) is 31.8 Å². The number of rotatable bonds is 3. The topological polar surface area (TPSA) is 101 Å². The molecule has 1 fully saturated rings. The Balaban J connectivity index is 2.00. The molecule has 7 nitrogen and oxygen atoms in total. The number of pyridine rings is 1. The molecular weight excluding hydrogens is 296 g/mol. The molecule has 7 heteroatoms. The average molecular weight is 314 g/mol. The van der Waals surface area contributed by atoms with E-state index in [1.54, 1.807) is 17.3 Å². The van der Waals surface area contributed by atoms with Crippen LogP contribution in [-0.4, -0.2) is 53.0 Å². The zero-order valence-corrected chi connectivity index (χ0v) is 12.6. The number of nitrogens with one attached hydrogen (secondary N) is 1. The van der Waals surface area contributed by atoms with E-state index in [1.807, 2.05) is 6.07 Å². The van der Waals surface area contributed by atoms with Crippen LogP contribution in [-0.2, 0) is 9.53 Å². The Kier molecular flexibility index (Phi) is 4.12. The van der Waals surface area contributed by atoms with Gasteiger partial charge in [-0.2, -0.15) is 0 Å². The molecule has 120 valence electrons. The van der Waals surface area contributed by atoms with E-state index in [2.05, 4.69) is 16.5 Å². The van der Waals surface area contributed by atoms with E-state index >= 15 is 0 Å². The first kappa shape index (κ1) is 15.2. The summed E-state index contributed by atoms with van der Waals surface area (Å²) in [6.07, 6.45) is 4.70. The second-order valence-electron chi connectivity index (χ2n) is 5.45. The van der Waals surface area contributed by atoms with Gasteiger partial charge in [-0.15, -0.1) is 0 Å². The summed E-state index contributed by atoms with van der Waals surface area (Å²) in [6.45, 7) is 5.56. The van der Waals surface area contributed by atoms with Crippen LogP contribution in [0.5, 0.6) is 0 Å². The number of amides is 2. The number of fused-ring (bicyclic) bond motifs is 1. The van der Waals surface area contributed by atoms with Crippen LogP contribution in [0, 0.1) is 0 Å². The van der Waals surface area contributed by atoms with Crippen LogP contribution in [0.1, 0.15) is 22.0 Å². The number of H-pyrrole nitrogens is 1. The van der Waals surface area contributed by atoms with Crippen molar-refractivity contribution in [3.63, 3.8) is 0 Å². The predicted octanol–water partition coefficient (Wildman–Crippen LogP) is 0.790. The fourth-order valence-electron chi connectivity index (χ4n) is 2.91. The number of hydrogen-bond acceptors (Lipinski definition) is 4. The molecule has 1 aliphatic rings. The fourth-order valence-corrected chi connectivity index (χ4v) is 2.91. The molecule has 0 radical (unpaired) electrons. The van der Waals surface area contributed by atoms with Gasteiger partial charge in [0.25, 0.3) is 5.91 Å². The monoisotopic (exact) mass is 314 g/mol. The summed E-state index contributed by atoms with van der Waals surface area (Å²) < 4.78 is 5.63. The van der Waals surface area contributed by atoms with Gasteiger partial charge in [-0.3, -0.25) is 9.59 Å². The molecule has 3 rings (SSSR count). The van der Waals surface area contributed by atoms with E-state index in [9.17, 15) is 9.59 Å². The molecule has 0 saturated carbocycles. The van der Waals surface area contributed by atoms with E-state index in [-0.39, 0.29) is 17.5 Å².